The summed E-state index contributed by atoms with van der Waals surface area (Å²) < 4.78 is 5.06. The number of nitro groups is 1. The number of hydrogen-bond donors (Lipinski definition) is 1. The molecule has 0 aromatic heterocycles. The number of non-ortho nitro benzene ring substituents is 1. The van der Waals surface area contributed by atoms with E-state index in [0.29, 0.717) is 35.5 Å². The van der Waals surface area contributed by atoms with Crippen LogP contribution < -0.4 is 5.32 Å². The molecule has 7 nitrogen and oxygen atoms in total. The third kappa shape index (κ3) is 4.55. The van der Waals surface area contributed by atoms with E-state index in [0.717, 1.165) is 12.8 Å². The maximum atomic E-state index is 11.9. The average Bonchev–Trinajstić information content (AvgIpc) is 2.57. The van der Waals surface area contributed by atoms with Crippen molar-refractivity contribution in [2.45, 2.75) is 19.8 Å². The van der Waals surface area contributed by atoms with Crippen molar-refractivity contribution < 1.29 is 14.5 Å². The molecular formula is C15H18ClN3O4S. The SMILES string of the molecule is CCOC(=O)C1CCCN(C(=S)Nc2cc([N+](=O)[O-])ccc2Cl)C1. The lowest BCUT2D eigenvalue weighted by molar-refractivity contribution is -0.384. The molecular weight excluding hydrogens is 354 g/mol. The van der Waals surface area contributed by atoms with Crippen LogP contribution in [0.2, 0.25) is 5.02 Å². The standard InChI is InChI=1S/C15H18ClN3O4S/c1-2-23-14(20)10-4-3-7-18(9-10)15(24)17-13-8-11(19(21)22)5-6-12(13)16/h5-6,8,10H,2-4,7,9H2,1H3,(H,17,24). The number of nitrogens with one attached hydrogen (secondary N) is 1. The topological polar surface area (TPSA) is 84.7 Å². The Balaban J connectivity index is 2.05. The van der Waals surface area contributed by atoms with Crippen molar-refractivity contribution in [2.24, 2.45) is 5.92 Å². The van der Waals surface area contributed by atoms with Crippen molar-refractivity contribution in [3.8, 4) is 0 Å². The molecule has 0 bridgehead atoms. The maximum Gasteiger partial charge on any atom is 0.310 e. The van der Waals surface area contributed by atoms with E-state index in [1.165, 1.54) is 18.2 Å². The van der Waals surface area contributed by atoms with E-state index < -0.39 is 4.92 Å². The summed E-state index contributed by atoms with van der Waals surface area (Å²) in [7, 11) is 0. The second kappa shape index (κ2) is 8.25. The minimum atomic E-state index is -0.498. The van der Waals surface area contributed by atoms with E-state index in [9.17, 15) is 14.9 Å². The molecule has 24 heavy (non-hydrogen) atoms. The summed E-state index contributed by atoms with van der Waals surface area (Å²) in [6, 6.07) is 4.11. The highest BCUT2D eigenvalue weighted by Gasteiger charge is 2.28. The zero-order valence-corrected chi connectivity index (χ0v) is 14.7. The van der Waals surface area contributed by atoms with Crippen LogP contribution in [-0.4, -0.2) is 40.6 Å². The van der Waals surface area contributed by atoms with Gasteiger partial charge in [-0.3, -0.25) is 14.9 Å². The molecule has 1 saturated heterocycles. The lowest BCUT2D eigenvalue weighted by atomic mass is 9.98. The Morgan fingerprint density at radius 1 is 1.58 bits per heavy atom. The highest BCUT2D eigenvalue weighted by Crippen LogP contribution is 2.27. The summed E-state index contributed by atoms with van der Waals surface area (Å²) in [6.07, 6.45) is 1.57. The summed E-state index contributed by atoms with van der Waals surface area (Å²) in [5.41, 5.74) is 0.293. The van der Waals surface area contributed by atoms with Crippen LogP contribution in [0.4, 0.5) is 11.4 Å². The lowest BCUT2D eigenvalue weighted by Crippen LogP contribution is -2.44. The van der Waals surface area contributed by atoms with Gasteiger partial charge in [0.05, 0.1) is 28.2 Å². The number of carbonyl (C=O) groups is 1. The van der Waals surface area contributed by atoms with Crippen molar-refractivity contribution in [2.75, 3.05) is 25.0 Å². The molecule has 0 saturated carbocycles. The molecule has 1 aromatic rings. The fourth-order valence-electron chi connectivity index (χ4n) is 2.53. The van der Waals surface area contributed by atoms with Gasteiger partial charge in [0.25, 0.3) is 5.69 Å². The third-order valence-corrected chi connectivity index (χ3v) is 4.42. The maximum absolute atomic E-state index is 11.9. The van der Waals surface area contributed by atoms with Gasteiger partial charge >= 0.3 is 5.97 Å². The average molecular weight is 372 g/mol. The number of nitro benzene ring substituents is 1. The molecule has 0 aliphatic carbocycles. The normalized spacial score (nSPS) is 17.2. The van der Waals surface area contributed by atoms with E-state index in [2.05, 4.69) is 5.32 Å². The van der Waals surface area contributed by atoms with Crippen molar-refractivity contribution in [1.82, 2.24) is 4.90 Å². The number of likely N-dealkylation sites (tertiary alicyclic amines) is 1. The van der Waals surface area contributed by atoms with Crippen LogP contribution in [0.15, 0.2) is 18.2 Å². The van der Waals surface area contributed by atoms with Gasteiger partial charge in [0.15, 0.2) is 5.11 Å². The van der Waals surface area contributed by atoms with Crippen molar-refractivity contribution in [3.63, 3.8) is 0 Å². The Kier molecular flexibility index (Phi) is 6.33. The molecule has 1 aliphatic rings. The van der Waals surface area contributed by atoms with Crippen molar-refractivity contribution in [3.05, 3.63) is 33.3 Å². The van der Waals surface area contributed by atoms with Gasteiger partial charge in [-0.15, -0.1) is 0 Å². The molecule has 0 radical (unpaired) electrons. The van der Waals surface area contributed by atoms with E-state index in [4.69, 9.17) is 28.6 Å². The minimum absolute atomic E-state index is 0.0762. The third-order valence-electron chi connectivity index (χ3n) is 3.73. The Hall–Kier alpha value is -1.93. The van der Waals surface area contributed by atoms with Crippen LogP contribution in [-0.2, 0) is 9.53 Å². The number of carbonyl (C=O) groups excluding carboxylic acids is 1. The zero-order chi connectivity index (χ0) is 17.7. The molecule has 1 atom stereocenters. The first-order valence-electron chi connectivity index (χ1n) is 7.59. The van der Waals surface area contributed by atoms with Gasteiger partial charge < -0.3 is 15.0 Å². The Labute approximate surface area is 150 Å². The quantitative estimate of drug-likeness (QED) is 0.376. The molecule has 2 rings (SSSR count). The second-order valence-electron chi connectivity index (χ2n) is 5.39. The van der Waals surface area contributed by atoms with Gasteiger partial charge in [0.1, 0.15) is 0 Å². The van der Waals surface area contributed by atoms with Gasteiger partial charge in [-0.05, 0) is 38.0 Å². The van der Waals surface area contributed by atoms with E-state index >= 15 is 0 Å². The molecule has 9 heteroatoms. The largest absolute Gasteiger partial charge is 0.466 e. The highest BCUT2D eigenvalue weighted by atomic mass is 35.5. The zero-order valence-electron chi connectivity index (χ0n) is 13.2. The Morgan fingerprint density at radius 2 is 2.33 bits per heavy atom. The van der Waals surface area contributed by atoms with Gasteiger partial charge in [-0.2, -0.15) is 0 Å². The second-order valence-corrected chi connectivity index (χ2v) is 6.18. The number of esters is 1. The van der Waals surface area contributed by atoms with Gasteiger partial charge in [0.2, 0.25) is 0 Å². The molecule has 1 heterocycles. The van der Waals surface area contributed by atoms with Crippen LogP contribution in [0, 0.1) is 16.0 Å². The number of thiocarbonyl (C=S) groups is 1. The Morgan fingerprint density at radius 3 is 3.00 bits per heavy atom. The molecule has 1 aromatic carbocycles. The van der Waals surface area contributed by atoms with Crippen LogP contribution in [0.25, 0.3) is 0 Å². The first kappa shape index (κ1) is 18.4. The summed E-state index contributed by atoms with van der Waals surface area (Å²) in [5.74, 6) is -0.447. The minimum Gasteiger partial charge on any atom is -0.466 e. The highest BCUT2D eigenvalue weighted by molar-refractivity contribution is 7.80. The molecule has 130 valence electrons. The van der Waals surface area contributed by atoms with Gasteiger partial charge in [0, 0.05) is 25.2 Å². The van der Waals surface area contributed by atoms with Crippen LogP contribution in [0.3, 0.4) is 0 Å². The molecule has 1 fully saturated rings. The van der Waals surface area contributed by atoms with Gasteiger partial charge in [-0.25, -0.2) is 0 Å². The molecule has 1 unspecified atom stereocenters. The number of hydrogen-bond acceptors (Lipinski definition) is 5. The fourth-order valence-corrected chi connectivity index (χ4v) is 2.97. The monoisotopic (exact) mass is 371 g/mol. The summed E-state index contributed by atoms with van der Waals surface area (Å²) in [6.45, 7) is 3.28. The predicted molar refractivity (Wildman–Crippen MR) is 95.3 cm³/mol. The number of halogens is 1. The van der Waals surface area contributed by atoms with Gasteiger partial charge in [-0.1, -0.05) is 11.6 Å². The molecule has 1 aliphatic heterocycles. The van der Waals surface area contributed by atoms with Crippen molar-refractivity contribution in [1.29, 1.82) is 0 Å². The van der Waals surface area contributed by atoms with E-state index in [1.54, 1.807) is 6.92 Å². The first-order valence-corrected chi connectivity index (χ1v) is 8.37. The van der Waals surface area contributed by atoms with Crippen molar-refractivity contribution >= 4 is 46.3 Å². The smallest absolute Gasteiger partial charge is 0.310 e. The van der Waals surface area contributed by atoms with Crippen LogP contribution >= 0.6 is 23.8 Å². The number of anilines is 1. The predicted octanol–water partition coefficient (Wildman–Crippen LogP) is 3.22. The number of piperidine rings is 1. The molecule has 0 spiro atoms. The van der Waals surface area contributed by atoms with Crippen LogP contribution in [0.1, 0.15) is 19.8 Å². The number of nitrogens with zero attached hydrogens (tertiary/aromatic N) is 2. The first-order chi connectivity index (χ1) is 11.4. The fraction of sp³-hybridized carbons (Fsp3) is 0.467. The number of benzene rings is 1. The Bertz CT molecular complexity index is 656. The molecule has 1 N–H and O–H groups in total. The van der Waals surface area contributed by atoms with Crippen LogP contribution in [0.5, 0.6) is 0 Å². The summed E-state index contributed by atoms with van der Waals surface area (Å²) in [4.78, 5) is 24.1. The number of rotatable bonds is 4. The van der Waals surface area contributed by atoms with E-state index in [1.807, 2.05) is 4.90 Å². The number of ether oxygens (including phenoxy) is 1. The van der Waals surface area contributed by atoms with E-state index in [-0.39, 0.29) is 17.6 Å². The molecule has 0 amide bonds. The lowest BCUT2D eigenvalue weighted by Gasteiger charge is -2.33. The summed E-state index contributed by atoms with van der Waals surface area (Å²) >= 11 is 11.4. The summed E-state index contributed by atoms with van der Waals surface area (Å²) in [5, 5.41) is 14.5.